The number of thiophene rings is 1. The van der Waals surface area contributed by atoms with Gasteiger partial charge in [0.1, 0.15) is 0 Å². The van der Waals surface area contributed by atoms with E-state index >= 15 is 0 Å². The molecule has 2 rings (SSSR count). The average Bonchev–Trinajstić information content (AvgIpc) is 2.93. The molecule has 1 atom stereocenters. The third-order valence-corrected chi connectivity index (χ3v) is 3.85. The summed E-state index contributed by atoms with van der Waals surface area (Å²) in [4.78, 5) is 13.0. The Morgan fingerprint density at radius 1 is 1.37 bits per heavy atom. The summed E-state index contributed by atoms with van der Waals surface area (Å²) in [6.45, 7) is 1.97. The van der Waals surface area contributed by atoms with Crippen molar-refractivity contribution in [1.82, 2.24) is 5.32 Å². The van der Waals surface area contributed by atoms with Gasteiger partial charge in [0.05, 0.1) is 24.1 Å². The first kappa shape index (κ1) is 13.3. The maximum atomic E-state index is 11.9. The third-order valence-electron chi connectivity index (χ3n) is 2.80. The summed E-state index contributed by atoms with van der Waals surface area (Å²) in [7, 11) is 0. The number of amides is 1. The third kappa shape index (κ3) is 3.67. The van der Waals surface area contributed by atoms with E-state index in [9.17, 15) is 4.79 Å². The van der Waals surface area contributed by atoms with Gasteiger partial charge in [0.25, 0.3) is 0 Å². The van der Waals surface area contributed by atoms with Crippen LogP contribution in [0.3, 0.4) is 0 Å². The second-order valence-electron chi connectivity index (χ2n) is 4.29. The van der Waals surface area contributed by atoms with Crippen molar-refractivity contribution in [3.63, 3.8) is 0 Å². The van der Waals surface area contributed by atoms with E-state index in [-0.39, 0.29) is 11.9 Å². The fourth-order valence-electron chi connectivity index (χ4n) is 1.78. The highest BCUT2D eigenvalue weighted by Crippen LogP contribution is 2.18. The van der Waals surface area contributed by atoms with Crippen LogP contribution in [-0.4, -0.2) is 5.91 Å². The minimum Gasteiger partial charge on any atom is -0.348 e. The predicted molar refractivity (Wildman–Crippen MR) is 75.7 cm³/mol. The molecule has 4 heteroatoms. The Kier molecular flexibility index (Phi) is 4.32. The Bertz CT molecular complexity index is 582. The molecule has 1 unspecified atom stereocenters. The number of carbonyl (C=O) groups is 1. The van der Waals surface area contributed by atoms with Crippen LogP contribution in [0.4, 0.5) is 0 Å². The van der Waals surface area contributed by atoms with Gasteiger partial charge in [-0.2, -0.15) is 5.26 Å². The number of nitrogens with one attached hydrogen (secondary N) is 1. The number of benzene rings is 1. The van der Waals surface area contributed by atoms with Crippen LogP contribution in [0, 0.1) is 11.3 Å². The molecule has 0 aliphatic carbocycles. The van der Waals surface area contributed by atoms with Crippen LogP contribution in [0.25, 0.3) is 0 Å². The van der Waals surface area contributed by atoms with Crippen LogP contribution in [0.1, 0.15) is 29.0 Å². The van der Waals surface area contributed by atoms with Crippen LogP contribution in [-0.2, 0) is 11.2 Å². The lowest BCUT2D eigenvalue weighted by atomic mass is 10.1. The first-order valence-electron chi connectivity index (χ1n) is 6.01. The minimum atomic E-state index is -0.00870. The molecule has 1 amide bonds. The van der Waals surface area contributed by atoms with Crippen LogP contribution in [0.5, 0.6) is 0 Å². The molecule has 0 radical (unpaired) electrons. The summed E-state index contributed by atoms with van der Waals surface area (Å²) in [5, 5.41) is 13.7. The smallest absolute Gasteiger partial charge is 0.224 e. The zero-order valence-electron chi connectivity index (χ0n) is 10.6. The molecule has 0 bridgehead atoms. The van der Waals surface area contributed by atoms with Crippen molar-refractivity contribution in [3.8, 4) is 6.07 Å². The highest BCUT2D eigenvalue weighted by Gasteiger charge is 2.10. The molecule has 1 aromatic heterocycles. The van der Waals surface area contributed by atoms with Crippen molar-refractivity contribution in [2.45, 2.75) is 19.4 Å². The first-order chi connectivity index (χ1) is 9.19. The van der Waals surface area contributed by atoms with Gasteiger partial charge in [-0.1, -0.05) is 18.2 Å². The number of nitriles is 1. The number of carbonyl (C=O) groups excluding carboxylic acids is 1. The molecule has 0 saturated heterocycles. The molecule has 0 fully saturated rings. The van der Waals surface area contributed by atoms with Gasteiger partial charge >= 0.3 is 0 Å². The zero-order valence-corrected chi connectivity index (χ0v) is 11.4. The molecule has 2 aromatic rings. The van der Waals surface area contributed by atoms with E-state index in [1.165, 1.54) is 0 Å². The predicted octanol–water partition coefficient (Wildman–Crippen LogP) is 3.04. The molecule has 0 spiro atoms. The Morgan fingerprint density at radius 3 is 2.68 bits per heavy atom. The lowest BCUT2D eigenvalue weighted by Crippen LogP contribution is -2.27. The normalized spacial score (nSPS) is 11.6. The van der Waals surface area contributed by atoms with E-state index < -0.39 is 0 Å². The van der Waals surface area contributed by atoms with Gasteiger partial charge in [-0.15, -0.1) is 11.3 Å². The Morgan fingerprint density at radius 2 is 2.11 bits per heavy atom. The second-order valence-corrected chi connectivity index (χ2v) is 5.27. The fourth-order valence-corrected chi connectivity index (χ4v) is 2.52. The van der Waals surface area contributed by atoms with E-state index in [0.717, 1.165) is 10.4 Å². The summed E-state index contributed by atoms with van der Waals surface area (Å²) in [6, 6.07) is 13.2. The van der Waals surface area contributed by atoms with E-state index in [1.807, 2.05) is 36.6 Å². The summed E-state index contributed by atoms with van der Waals surface area (Å²) in [6.07, 6.45) is 0.335. The van der Waals surface area contributed by atoms with Gasteiger partial charge in [0, 0.05) is 4.88 Å². The van der Waals surface area contributed by atoms with E-state index in [0.29, 0.717) is 12.0 Å². The van der Waals surface area contributed by atoms with Gasteiger partial charge in [-0.25, -0.2) is 0 Å². The standard InChI is InChI=1S/C15H14N2OS/c1-11(14-3-2-8-19-14)17-15(18)9-12-4-6-13(10-16)7-5-12/h2-8,11H,9H2,1H3,(H,17,18). The summed E-state index contributed by atoms with van der Waals surface area (Å²) in [5.41, 5.74) is 1.52. The zero-order chi connectivity index (χ0) is 13.7. The van der Waals surface area contributed by atoms with Gasteiger partial charge in [-0.05, 0) is 36.1 Å². The molecule has 0 aliphatic heterocycles. The summed E-state index contributed by atoms with van der Waals surface area (Å²) < 4.78 is 0. The van der Waals surface area contributed by atoms with Crippen molar-refractivity contribution in [2.24, 2.45) is 0 Å². The van der Waals surface area contributed by atoms with Crippen LogP contribution < -0.4 is 5.32 Å². The van der Waals surface area contributed by atoms with Crippen molar-refractivity contribution >= 4 is 17.2 Å². The number of rotatable bonds is 4. The van der Waals surface area contributed by atoms with Crippen molar-refractivity contribution in [1.29, 1.82) is 5.26 Å². The largest absolute Gasteiger partial charge is 0.348 e. The highest BCUT2D eigenvalue weighted by molar-refractivity contribution is 7.10. The molecule has 1 N–H and O–H groups in total. The minimum absolute atomic E-state index is 0.00870. The molecule has 1 aromatic carbocycles. The van der Waals surface area contributed by atoms with E-state index in [4.69, 9.17) is 5.26 Å². The fraction of sp³-hybridized carbons (Fsp3) is 0.200. The van der Waals surface area contributed by atoms with Crippen molar-refractivity contribution in [2.75, 3.05) is 0 Å². The topological polar surface area (TPSA) is 52.9 Å². The Balaban J connectivity index is 1.92. The van der Waals surface area contributed by atoms with Crippen LogP contribution in [0.15, 0.2) is 41.8 Å². The van der Waals surface area contributed by atoms with Crippen molar-refractivity contribution < 1.29 is 4.79 Å². The summed E-state index contributed by atoms with van der Waals surface area (Å²) in [5.74, 6) is -0.00870. The molecule has 1 heterocycles. The maximum Gasteiger partial charge on any atom is 0.224 e. The monoisotopic (exact) mass is 270 g/mol. The van der Waals surface area contributed by atoms with Gasteiger partial charge < -0.3 is 5.32 Å². The maximum absolute atomic E-state index is 11.9. The molecular formula is C15H14N2OS. The Labute approximate surface area is 116 Å². The van der Waals surface area contributed by atoms with E-state index in [1.54, 1.807) is 23.5 Å². The van der Waals surface area contributed by atoms with Crippen LogP contribution in [0.2, 0.25) is 0 Å². The molecule has 96 valence electrons. The van der Waals surface area contributed by atoms with Crippen molar-refractivity contribution in [3.05, 3.63) is 57.8 Å². The van der Waals surface area contributed by atoms with Gasteiger partial charge in [-0.3, -0.25) is 4.79 Å². The molecule has 0 aliphatic rings. The SMILES string of the molecule is CC(NC(=O)Cc1ccc(C#N)cc1)c1cccs1. The van der Waals surface area contributed by atoms with Gasteiger partial charge in [0.2, 0.25) is 5.91 Å². The lowest BCUT2D eigenvalue weighted by molar-refractivity contribution is -0.121. The molecular weight excluding hydrogens is 256 g/mol. The second kappa shape index (κ2) is 6.17. The first-order valence-corrected chi connectivity index (χ1v) is 6.89. The summed E-state index contributed by atoms with van der Waals surface area (Å²) >= 11 is 1.63. The number of hydrogen-bond donors (Lipinski definition) is 1. The average molecular weight is 270 g/mol. The lowest BCUT2D eigenvalue weighted by Gasteiger charge is -2.12. The Hall–Kier alpha value is -2.12. The number of nitrogens with zero attached hydrogens (tertiary/aromatic N) is 1. The molecule has 0 saturated carbocycles. The number of hydrogen-bond acceptors (Lipinski definition) is 3. The highest BCUT2D eigenvalue weighted by atomic mass is 32.1. The van der Waals surface area contributed by atoms with Gasteiger partial charge in [0.15, 0.2) is 0 Å². The molecule has 3 nitrogen and oxygen atoms in total. The molecule has 19 heavy (non-hydrogen) atoms. The quantitative estimate of drug-likeness (QED) is 0.928. The van der Waals surface area contributed by atoms with Crippen LogP contribution >= 0.6 is 11.3 Å². The van der Waals surface area contributed by atoms with E-state index in [2.05, 4.69) is 11.4 Å².